The molecule has 0 spiro atoms. The monoisotopic (exact) mass is 227 g/mol. The molecule has 0 aliphatic rings. The van der Waals surface area contributed by atoms with Gasteiger partial charge in [0, 0.05) is 5.69 Å². The predicted octanol–water partition coefficient (Wildman–Crippen LogP) is 3.38. The van der Waals surface area contributed by atoms with E-state index < -0.39 is 0 Å². The molecule has 1 aromatic carbocycles. The van der Waals surface area contributed by atoms with Crippen molar-refractivity contribution in [2.75, 3.05) is 10.8 Å². The fraction of sp³-hybridized carbons (Fsp3) is 0.400. The molecule has 0 radical (unpaired) electrons. The van der Waals surface area contributed by atoms with E-state index in [-0.39, 0.29) is 0 Å². The Hall–Kier alpha value is -0.500. The summed E-state index contributed by atoms with van der Waals surface area (Å²) in [5.41, 5.74) is 6.09. The van der Waals surface area contributed by atoms with Gasteiger partial charge in [0.2, 0.25) is 0 Å². The van der Waals surface area contributed by atoms with E-state index in [9.17, 15) is 0 Å². The average molecular weight is 228 g/mol. The van der Waals surface area contributed by atoms with Gasteiger partial charge in [-0.15, -0.1) is 0 Å². The maximum atomic E-state index is 3.35. The van der Waals surface area contributed by atoms with Gasteiger partial charge in [0.15, 0.2) is 0 Å². The van der Waals surface area contributed by atoms with E-state index in [4.69, 9.17) is 0 Å². The highest BCUT2D eigenvalue weighted by Gasteiger charge is 2.01. The van der Waals surface area contributed by atoms with Gasteiger partial charge in [0.1, 0.15) is 0 Å². The molecule has 1 aromatic rings. The molecular weight excluding hydrogens is 214 g/mol. The lowest BCUT2D eigenvalue weighted by molar-refractivity contribution is 1.25. The lowest BCUT2D eigenvalue weighted by Gasteiger charge is -2.11. The molecule has 66 valence electrons. The van der Waals surface area contributed by atoms with Crippen LogP contribution in [0.15, 0.2) is 12.1 Å². The number of aryl methyl sites for hydroxylation is 1. The highest BCUT2D eigenvalue weighted by Crippen LogP contribution is 2.21. The first-order chi connectivity index (χ1) is 5.66. The molecular formula is C10H14BrN. The van der Waals surface area contributed by atoms with E-state index in [0.717, 1.165) is 5.45 Å². The van der Waals surface area contributed by atoms with Gasteiger partial charge in [-0.05, 0) is 43.5 Å². The molecule has 12 heavy (non-hydrogen) atoms. The summed E-state index contributed by atoms with van der Waals surface area (Å²) in [6, 6.07) is 4.27. The number of alkyl halides is 1. The van der Waals surface area contributed by atoms with Crippen LogP contribution in [0.4, 0.5) is 5.69 Å². The number of rotatable bonds is 2. The van der Waals surface area contributed by atoms with Crippen LogP contribution >= 0.6 is 15.9 Å². The van der Waals surface area contributed by atoms with Crippen molar-refractivity contribution < 1.29 is 0 Å². The maximum absolute atomic E-state index is 3.35. The zero-order valence-electron chi connectivity index (χ0n) is 7.74. The van der Waals surface area contributed by atoms with Gasteiger partial charge in [0.25, 0.3) is 0 Å². The van der Waals surface area contributed by atoms with E-state index >= 15 is 0 Å². The topological polar surface area (TPSA) is 12.0 Å². The Labute approximate surface area is 82.3 Å². The first-order valence-corrected chi connectivity index (χ1v) is 5.15. The lowest BCUT2D eigenvalue weighted by atomic mass is 10.0. The Morgan fingerprint density at radius 1 is 1.17 bits per heavy atom. The molecule has 1 N–H and O–H groups in total. The first kappa shape index (κ1) is 9.59. The predicted molar refractivity (Wildman–Crippen MR) is 58.1 cm³/mol. The van der Waals surface area contributed by atoms with Gasteiger partial charge in [-0.2, -0.15) is 0 Å². The van der Waals surface area contributed by atoms with Gasteiger partial charge < -0.3 is 5.32 Å². The summed E-state index contributed by atoms with van der Waals surface area (Å²) in [5.74, 6) is 0. The van der Waals surface area contributed by atoms with Crippen LogP contribution in [0.25, 0.3) is 0 Å². The van der Waals surface area contributed by atoms with Crippen molar-refractivity contribution in [1.82, 2.24) is 0 Å². The second-order valence-electron chi connectivity index (χ2n) is 2.99. The number of halogens is 1. The lowest BCUT2D eigenvalue weighted by Crippen LogP contribution is -1.98. The Kier molecular flexibility index (Phi) is 3.15. The fourth-order valence-electron chi connectivity index (χ4n) is 1.22. The van der Waals surface area contributed by atoms with Crippen molar-refractivity contribution in [3.05, 3.63) is 28.8 Å². The zero-order valence-corrected chi connectivity index (χ0v) is 9.33. The van der Waals surface area contributed by atoms with Crippen LogP contribution in [0.5, 0.6) is 0 Å². The molecule has 0 amide bonds. The fourth-order valence-corrected chi connectivity index (χ4v) is 1.52. The summed E-state index contributed by atoms with van der Waals surface area (Å²) in [6.07, 6.45) is 0. The van der Waals surface area contributed by atoms with E-state index in [2.05, 4.69) is 54.2 Å². The molecule has 1 rings (SSSR count). The van der Waals surface area contributed by atoms with E-state index in [0.29, 0.717) is 0 Å². The van der Waals surface area contributed by atoms with Gasteiger partial charge in [-0.25, -0.2) is 0 Å². The molecule has 0 saturated carbocycles. The Balaban J connectivity index is 3.08. The van der Waals surface area contributed by atoms with E-state index in [1.54, 1.807) is 0 Å². The summed E-state index contributed by atoms with van der Waals surface area (Å²) in [7, 11) is 0. The Morgan fingerprint density at radius 3 is 2.42 bits per heavy atom. The van der Waals surface area contributed by atoms with Crippen LogP contribution in [0.2, 0.25) is 0 Å². The third-order valence-electron chi connectivity index (χ3n) is 2.32. The summed E-state index contributed by atoms with van der Waals surface area (Å²) in [4.78, 5) is 0. The summed E-state index contributed by atoms with van der Waals surface area (Å²) in [5, 5.41) is 3.26. The minimum absolute atomic E-state index is 0.802. The Morgan fingerprint density at radius 2 is 1.83 bits per heavy atom. The number of benzene rings is 1. The summed E-state index contributed by atoms with van der Waals surface area (Å²) < 4.78 is 0. The molecule has 2 heteroatoms. The second kappa shape index (κ2) is 3.94. The van der Waals surface area contributed by atoms with Crippen molar-refractivity contribution in [3.8, 4) is 0 Å². The van der Waals surface area contributed by atoms with Crippen molar-refractivity contribution in [2.24, 2.45) is 0 Å². The standard InChI is InChI=1S/C10H14BrN/c1-7-4-5-10(12-6-11)9(3)8(7)2/h4-5,12H,6H2,1-3H3. The van der Waals surface area contributed by atoms with Crippen LogP contribution in [-0.4, -0.2) is 5.45 Å². The normalized spacial score (nSPS) is 10.0. The van der Waals surface area contributed by atoms with Crippen molar-refractivity contribution in [2.45, 2.75) is 20.8 Å². The first-order valence-electron chi connectivity index (χ1n) is 4.03. The zero-order chi connectivity index (χ0) is 9.14. The van der Waals surface area contributed by atoms with Crippen LogP contribution in [-0.2, 0) is 0 Å². The number of nitrogens with one attached hydrogen (secondary N) is 1. The second-order valence-corrected chi connectivity index (χ2v) is 3.55. The molecule has 0 heterocycles. The molecule has 0 unspecified atom stereocenters. The molecule has 1 nitrogen and oxygen atoms in total. The minimum atomic E-state index is 0.802. The highest BCUT2D eigenvalue weighted by atomic mass is 79.9. The average Bonchev–Trinajstić information content (AvgIpc) is 2.07. The Bertz CT molecular complexity index is 281. The van der Waals surface area contributed by atoms with Gasteiger partial charge in [0.05, 0.1) is 5.45 Å². The molecule has 0 aliphatic carbocycles. The van der Waals surface area contributed by atoms with Gasteiger partial charge in [-0.3, -0.25) is 0 Å². The minimum Gasteiger partial charge on any atom is -0.375 e. The molecule has 0 atom stereocenters. The largest absolute Gasteiger partial charge is 0.375 e. The molecule has 0 fully saturated rings. The van der Waals surface area contributed by atoms with Gasteiger partial charge >= 0.3 is 0 Å². The molecule has 0 aliphatic heterocycles. The van der Waals surface area contributed by atoms with Crippen LogP contribution in [0.1, 0.15) is 16.7 Å². The van der Waals surface area contributed by atoms with E-state index in [1.807, 2.05) is 0 Å². The van der Waals surface area contributed by atoms with Crippen LogP contribution < -0.4 is 5.32 Å². The van der Waals surface area contributed by atoms with Crippen molar-refractivity contribution in [1.29, 1.82) is 0 Å². The summed E-state index contributed by atoms with van der Waals surface area (Å²) >= 11 is 3.35. The molecule has 0 saturated heterocycles. The van der Waals surface area contributed by atoms with Crippen LogP contribution in [0, 0.1) is 20.8 Å². The summed E-state index contributed by atoms with van der Waals surface area (Å²) in [6.45, 7) is 6.44. The molecule has 0 aromatic heterocycles. The van der Waals surface area contributed by atoms with Crippen LogP contribution in [0.3, 0.4) is 0 Å². The third kappa shape index (κ3) is 1.81. The third-order valence-corrected chi connectivity index (χ3v) is 2.60. The maximum Gasteiger partial charge on any atom is 0.0707 e. The smallest absolute Gasteiger partial charge is 0.0707 e. The SMILES string of the molecule is Cc1ccc(NCBr)c(C)c1C. The molecule has 0 bridgehead atoms. The number of anilines is 1. The highest BCUT2D eigenvalue weighted by molar-refractivity contribution is 9.09. The number of hydrogen-bond donors (Lipinski definition) is 1. The van der Waals surface area contributed by atoms with Gasteiger partial charge in [-0.1, -0.05) is 22.0 Å². The van der Waals surface area contributed by atoms with Crippen molar-refractivity contribution in [3.63, 3.8) is 0 Å². The number of hydrogen-bond acceptors (Lipinski definition) is 1. The quantitative estimate of drug-likeness (QED) is 0.604. The van der Waals surface area contributed by atoms with Crippen molar-refractivity contribution >= 4 is 21.6 Å². The van der Waals surface area contributed by atoms with E-state index in [1.165, 1.54) is 22.4 Å².